The van der Waals surface area contributed by atoms with Gasteiger partial charge in [0, 0.05) is 25.1 Å². The van der Waals surface area contributed by atoms with Crippen molar-refractivity contribution in [2.75, 3.05) is 0 Å². The number of benzene rings is 2. The first-order valence-electron chi connectivity index (χ1n) is 13.0. The van der Waals surface area contributed by atoms with E-state index in [9.17, 15) is 19.8 Å². The van der Waals surface area contributed by atoms with Gasteiger partial charge in [0.1, 0.15) is 18.0 Å². The van der Waals surface area contributed by atoms with E-state index < -0.39 is 29.6 Å². The number of hydrogen-bond acceptors (Lipinski definition) is 7. The van der Waals surface area contributed by atoms with Crippen LogP contribution in [0.25, 0.3) is 5.69 Å². The molecule has 3 atom stereocenters. The van der Waals surface area contributed by atoms with E-state index in [1.807, 2.05) is 54.6 Å². The zero-order valence-electron chi connectivity index (χ0n) is 22.3. The zero-order valence-corrected chi connectivity index (χ0v) is 22.3. The van der Waals surface area contributed by atoms with Gasteiger partial charge in [-0.15, -0.1) is 0 Å². The summed E-state index contributed by atoms with van der Waals surface area (Å²) in [5.74, 6) is -1.07. The van der Waals surface area contributed by atoms with Gasteiger partial charge in [-0.05, 0) is 54.8 Å². The molecule has 10 nitrogen and oxygen atoms in total. The van der Waals surface area contributed by atoms with Crippen molar-refractivity contribution < 1.29 is 24.5 Å². The standard InChI is InChI=1S/C30H31N5O5/c1-20(33-29(38)30(2,39)27(36)28(37)34-17-23-10-6-13-31-24(23)18-34)22-11-12-25(35-15-7-14-32-35)26(16-22)40-19-21-8-4-3-5-9-21/h3-16,20,27,36,39H,17-19H2,1-2H3,(H,33,38)/t20-,27+,30-/m1/s1. The van der Waals surface area contributed by atoms with Crippen molar-refractivity contribution in [2.45, 2.75) is 51.3 Å². The van der Waals surface area contributed by atoms with Crippen LogP contribution in [-0.2, 0) is 29.3 Å². The summed E-state index contributed by atoms with van der Waals surface area (Å²) >= 11 is 0. The van der Waals surface area contributed by atoms with Crippen molar-refractivity contribution in [1.29, 1.82) is 0 Å². The van der Waals surface area contributed by atoms with Gasteiger partial charge in [0.25, 0.3) is 11.8 Å². The third-order valence-electron chi connectivity index (χ3n) is 7.04. The Balaban J connectivity index is 1.29. The molecule has 3 N–H and O–H groups in total. The summed E-state index contributed by atoms with van der Waals surface area (Å²) in [7, 11) is 0. The van der Waals surface area contributed by atoms with Crippen LogP contribution < -0.4 is 10.1 Å². The second-order valence-electron chi connectivity index (χ2n) is 10.0. The Hall–Kier alpha value is -4.54. The van der Waals surface area contributed by atoms with Crippen LogP contribution in [-0.4, -0.2) is 53.4 Å². The van der Waals surface area contributed by atoms with E-state index in [1.165, 1.54) is 4.90 Å². The lowest BCUT2D eigenvalue weighted by Crippen LogP contribution is -2.58. The van der Waals surface area contributed by atoms with Crippen LogP contribution in [0.5, 0.6) is 5.75 Å². The first-order chi connectivity index (χ1) is 19.2. The van der Waals surface area contributed by atoms with Gasteiger partial charge in [-0.25, -0.2) is 4.68 Å². The minimum Gasteiger partial charge on any atom is -0.487 e. The number of pyridine rings is 1. The minimum absolute atomic E-state index is 0.203. The molecule has 4 aromatic rings. The molecule has 3 heterocycles. The van der Waals surface area contributed by atoms with Crippen molar-refractivity contribution in [1.82, 2.24) is 25.0 Å². The van der Waals surface area contributed by atoms with Gasteiger partial charge in [-0.3, -0.25) is 14.6 Å². The number of aliphatic hydroxyl groups excluding tert-OH is 1. The lowest BCUT2D eigenvalue weighted by Gasteiger charge is -2.31. The summed E-state index contributed by atoms with van der Waals surface area (Å²) in [6.45, 7) is 3.66. The smallest absolute Gasteiger partial charge is 0.255 e. The van der Waals surface area contributed by atoms with Gasteiger partial charge in [0.15, 0.2) is 11.7 Å². The maximum absolute atomic E-state index is 13.1. The van der Waals surface area contributed by atoms with Crippen LogP contribution in [0.15, 0.2) is 85.3 Å². The first kappa shape index (κ1) is 27.0. The summed E-state index contributed by atoms with van der Waals surface area (Å²) in [5.41, 5.74) is 1.64. The first-order valence-corrected chi connectivity index (χ1v) is 13.0. The molecule has 0 aliphatic carbocycles. The Labute approximate surface area is 231 Å². The van der Waals surface area contributed by atoms with Crippen molar-refractivity contribution in [3.05, 3.63) is 108 Å². The monoisotopic (exact) mass is 541 g/mol. The van der Waals surface area contributed by atoms with Gasteiger partial charge in [-0.1, -0.05) is 42.5 Å². The topological polar surface area (TPSA) is 130 Å². The largest absolute Gasteiger partial charge is 0.487 e. The van der Waals surface area contributed by atoms with E-state index in [0.29, 0.717) is 17.9 Å². The third kappa shape index (κ3) is 5.58. The fourth-order valence-electron chi connectivity index (χ4n) is 4.57. The molecular formula is C30H31N5O5. The molecule has 1 aliphatic heterocycles. The molecule has 2 aromatic heterocycles. The molecule has 10 heteroatoms. The number of carbonyl (C=O) groups excluding carboxylic acids is 2. The molecule has 2 amide bonds. The average molecular weight is 542 g/mol. The molecule has 1 aliphatic rings. The molecule has 5 rings (SSSR count). The highest BCUT2D eigenvalue weighted by molar-refractivity contribution is 5.94. The highest BCUT2D eigenvalue weighted by Gasteiger charge is 2.45. The van der Waals surface area contributed by atoms with E-state index in [4.69, 9.17) is 4.74 Å². The number of ether oxygens (including phenoxy) is 1. The predicted molar refractivity (Wildman–Crippen MR) is 146 cm³/mol. The quantitative estimate of drug-likeness (QED) is 0.297. The molecule has 0 spiro atoms. The lowest BCUT2D eigenvalue weighted by molar-refractivity contribution is -0.166. The number of aliphatic hydroxyl groups is 2. The van der Waals surface area contributed by atoms with Gasteiger partial charge in [0.05, 0.1) is 18.3 Å². The normalized spacial score (nSPS) is 15.6. The molecule has 0 fully saturated rings. The summed E-state index contributed by atoms with van der Waals surface area (Å²) in [6.07, 6.45) is 3.15. The van der Waals surface area contributed by atoms with E-state index in [2.05, 4.69) is 15.4 Å². The van der Waals surface area contributed by atoms with Crippen LogP contribution in [0.3, 0.4) is 0 Å². The van der Waals surface area contributed by atoms with E-state index in [0.717, 1.165) is 29.4 Å². The van der Waals surface area contributed by atoms with Crippen LogP contribution in [0.1, 0.15) is 42.3 Å². The molecule has 40 heavy (non-hydrogen) atoms. The van der Waals surface area contributed by atoms with Crippen LogP contribution in [0.4, 0.5) is 0 Å². The Morgan fingerprint density at radius 3 is 2.60 bits per heavy atom. The van der Waals surface area contributed by atoms with Crippen molar-refractivity contribution >= 4 is 11.8 Å². The van der Waals surface area contributed by atoms with Crippen LogP contribution >= 0.6 is 0 Å². The van der Waals surface area contributed by atoms with Crippen LogP contribution in [0, 0.1) is 0 Å². The summed E-state index contributed by atoms with van der Waals surface area (Å²) in [6, 6.07) is 20.0. The number of fused-ring (bicyclic) bond motifs is 1. The Morgan fingerprint density at radius 2 is 1.88 bits per heavy atom. The summed E-state index contributed by atoms with van der Waals surface area (Å²) < 4.78 is 7.83. The van der Waals surface area contributed by atoms with Gasteiger partial charge >= 0.3 is 0 Å². The molecule has 0 saturated carbocycles. The maximum Gasteiger partial charge on any atom is 0.255 e. The van der Waals surface area contributed by atoms with E-state index in [-0.39, 0.29) is 13.1 Å². The number of carbonyl (C=O) groups is 2. The number of nitrogens with one attached hydrogen (secondary N) is 1. The predicted octanol–water partition coefficient (Wildman–Crippen LogP) is 2.68. The lowest BCUT2D eigenvalue weighted by atomic mass is 9.95. The number of rotatable bonds is 9. The number of nitrogens with zero attached hydrogens (tertiary/aromatic N) is 4. The fourth-order valence-corrected chi connectivity index (χ4v) is 4.57. The van der Waals surface area contributed by atoms with Gasteiger partial charge in [-0.2, -0.15) is 5.10 Å². The molecule has 2 aromatic carbocycles. The van der Waals surface area contributed by atoms with E-state index >= 15 is 0 Å². The van der Waals surface area contributed by atoms with Crippen molar-refractivity contribution in [2.24, 2.45) is 0 Å². The molecule has 0 radical (unpaired) electrons. The minimum atomic E-state index is -2.37. The van der Waals surface area contributed by atoms with Gasteiger partial charge < -0.3 is 25.2 Å². The molecule has 0 saturated heterocycles. The van der Waals surface area contributed by atoms with E-state index in [1.54, 1.807) is 42.3 Å². The second kappa shape index (κ2) is 11.3. The Bertz CT molecular complexity index is 1460. The number of aromatic nitrogens is 3. The third-order valence-corrected chi connectivity index (χ3v) is 7.04. The average Bonchev–Trinajstić information content (AvgIpc) is 3.66. The second-order valence-corrected chi connectivity index (χ2v) is 10.0. The Morgan fingerprint density at radius 1 is 1.07 bits per heavy atom. The number of hydrogen-bond donors (Lipinski definition) is 3. The van der Waals surface area contributed by atoms with Crippen LogP contribution in [0.2, 0.25) is 0 Å². The SMILES string of the molecule is C[C@@H](NC(=O)[C@](C)(O)[C@@H](O)C(=O)N1Cc2cccnc2C1)c1ccc(-n2cccn2)c(OCc2ccccc2)c1. The molecular weight excluding hydrogens is 510 g/mol. The fraction of sp³-hybridized carbons (Fsp3) is 0.267. The summed E-state index contributed by atoms with van der Waals surface area (Å²) in [4.78, 5) is 31.7. The maximum atomic E-state index is 13.1. The highest BCUT2D eigenvalue weighted by atomic mass is 16.5. The number of amides is 2. The van der Waals surface area contributed by atoms with Crippen molar-refractivity contribution in [3.63, 3.8) is 0 Å². The Kier molecular flexibility index (Phi) is 7.63. The zero-order chi connectivity index (χ0) is 28.3. The molecule has 206 valence electrons. The molecule has 0 bridgehead atoms. The summed E-state index contributed by atoms with van der Waals surface area (Å²) in [5, 5.41) is 28.7. The highest BCUT2D eigenvalue weighted by Crippen LogP contribution is 2.29. The van der Waals surface area contributed by atoms with Crippen molar-refractivity contribution in [3.8, 4) is 11.4 Å². The molecule has 0 unspecified atom stereocenters. The van der Waals surface area contributed by atoms with Gasteiger partial charge in [0.2, 0.25) is 0 Å².